The first-order valence-electron chi connectivity index (χ1n) is 5.22. The van der Waals surface area contributed by atoms with Crippen molar-refractivity contribution in [3.63, 3.8) is 0 Å². The zero-order valence-electron chi connectivity index (χ0n) is 9.19. The fraction of sp³-hybridized carbons (Fsp3) is 0.900. The van der Waals surface area contributed by atoms with Gasteiger partial charge in [-0.05, 0) is 18.3 Å². The molecule has 0 aromatic rings. The van der Waals surface area contributed by atoms with E-state index in [0.29, 0.717) is 0 Å². The second-order valence-electron chi connectivity index (χ2n) is 5.27. The van der Waals surface area contributed by atoms with E-state index in [4.69, 9.17) is 5.84 Å². The number of amides is 1. The van der Waals surface area contributed by atoms with Gasteiger partial charge < -0.3 is 0 Å². The van der Waals surface area contributed by atoms with Crippen LogP contribution in [0.15, 0.2) is 0 Å². The van der Waals surface area contributed by atoms with E-state index in [-0.39, 0.29) is 30.7 Å². The number of carbonyl (C=O) groups is 1. The predicted molar refractivity (Wildman–Crippen MR) is 74.6 cm³/mol. The zero-order chi connectivity index (χ0) is 12.4. The third-order valence-electron chi connectivity index (χ3n) is 5.02. The summed E-state index contributed by atoms with van der Waals surface area (Å²) in [7, 11) is 0. The molecule has 3 atom stereocenters. The molecule has 92 valence electrons. The van der Waals surface area contributed by atoms with Gasteiger partial charge in [0.15, 0.2) is 0 Å². The first-order valence-corrected chi connectivity index (χ1v) is 7.97. The number of halogens is 3. The van der Waals surface area contributed by atoms with Gasteiger partial charge in [-0.1, -0.05) is 61.6 Å². The number of rotatable bonds is 2. The SMILES string of the molecule is CC1(C)[C@]2(C(Br)Br)CC[C@@]1(C(=O)NN)[C@H]2Br. The summed E-state index contributed by atoms with van der Waals surface area (Å²) in [5, 5.41) is 0. The summed E-state index contributed by atoms with van der Waals surface area (Å²) in [4.78, 5) is 12.2. The predicted octanol–water partition coefficient (Wildman–Crippen LogP) is 2.66. The van der Waals surface area contributed by atoms with Gasteiger partial charge in [-0.2, -0.15) is 0 Å². The summed E-state index contributed by atoms with van der Waals surface area (Å²) >= 11 is 11.0. The number of hydrogen-bond acceptors (Lipinski definition) is 2. The lowest BCUT2D eigenvalue weighted by Crippen LogP contribution is -2.72. The smallest absolute Gasteiger partial charge is 0.241 e. The van der Waals surface area contributed by atoms with Crippen molar-refractivity contribution in [3.05, 3.63) is 0 Å². The highest BCUT2D eigenvalue weighted by molar-refractivity contribution is 9.24. The summed E-state index contributed by atoms with van der Waals surface area (Å²) < 4.78 is 0.202. The number of alkyl halides is 3. The Morgan fingerprint density at radius 3 is 2.31 bits per heavy atom. The average Bonchev–Trinajstić information content (AvgIpc) is 2.66. The molecule has 0 unspecified atom stereocenters. The van der Waals surface area contributed by atoms with E-state index in [0.717, 1.165) is 12.8 Å². The van der Waals surface area contributed by atoms with Crippen LogP contribution in [-0.2, 0) is 4.79 Å². The van der Waals surface area contributed by atoms with E-state index < -0.39 is 0 Å². The van der Waals surface area contributed by atoms with Crippen LogP contribution in [0.4, 0.5) is 0 Å². The van der Waals surface area contributed by atoms with Gasteiger partial charge in [-0.3, -0.25) is 10.2 Å². The second kappa shape index (κ2) is 3.68. The van der Waals surface area contributed by atoms with Crippen LogP contribution in [0, 0.1) is 16.2 Å². The number of hydrazine groups is 1. The van der Waals surface area contributed by atoms with Crippen LogP contribution in [0.5, 0.6) is 0 Å². The minimum absolute atomic E-state index is 0.0480. The topological polar surface area (TPSA) is 55.1 Å². The highest BCUT2D eigenvalue weighted by Crippen LogP contribution is 2.82. The third kappa shape index (κ3) is 1.06. The molecule has 6 heteroatoms. The molecule has 3 nitrogen and oxygen atoms in total. The first kappa shape index (κ1) is 13.3. The summed E-state index contributed by atoms with van der Waals surface area (Å²) in [6, 6.07) is 0. The normalized spacial score (nSPS) is 44.3. The summed E-state index contributed by atoms with van der Waals surface area (Å²) in [5.74, 6) is 5.27. The molecule has 3 saturated carbocycles. The summed E-state index contributed by atoms with van der Waals surface area (Å²) in [5.41, 5.74) is 1.95. The largest absolute Gasteiger partial charge is 0.294 e. The molecule has 3 aliphatic rings. The molecule has 0 aromatic heterocycles. The van der Waals surface area contributed by atoms with Crippen molar-refractivity contribution in [2.24, 2.45) is 22.1 Å². The second-order valence-corrected chi connectivity index (χ2v) is 9.25. The van der Waals surface area contributed by atoms with Gasteiger partial charge in [0.2, 0.25) is 5.91 Å². The fourth-order valence-electron chi connectivity index (χ4n) is 3.83. The molecule has 0 saturated heterocycles. The Balaban J connectivity index is 2.46. The summed E-state index contributed by atoms with van der Waals surface area (Å²) in [6.45, 7) is 4.31. The van der Waals surface area contributed by atoms with E-state index in [2.05, 4.69) is 67.1 Å². The Labute approximate surface area is 121 Å². The van der Waals surface area contributed by atoms with Gasteiger partial charge in [0.1, 0.15) is 0 Å². The zero-order valence-corrected chi connectivity index (χ0v) is 13.9. The quantitative estimate of drug-likeness (QED) is 0.313. The lowest BCUT2D eigenvalue weighted by molar-refractivity contribution is -0.161. The monoisotopic (exact) mass is 416 g/mol. The van der Waals surface area contributed by atoms with Crippen LogP contribution >= 0.6 is 47.8 Å². The molecule has 3 rings (SSSR count). The van der Waals surface area contributed by atoms with Crippen molar-refractivity contribution >= 4 is 53.7 Å². The van der Waals surface area contributed by atoms with E-state index >= 15 is 0 Å². The Morgan fingerprint density at radius 1 is 1.44 bits per heavy atom. The van der Waals surface area contributed by atoms with Gasteiger partial charge in [-0.25, -0.2) is 5.84 Å². The van der Waals surface area contributed by atoms with E-state index in [1.807, 2.05) is 0 Å². The van der Waals surface area contributed by atoms with Crippen LogP contribution in [0.3, 0.4) is 0 Å². The number of nitrogens with one attached hydrogen (secondary N) is 1. The molecule has 1 amide bonds. The average molecular weight is 419 g/mol. The molecule has 0 aliphatic heterocycles. The number of carbonyl (C=O) groups excluding carboxylic acids is 1. The molecule has 0 radical (unpaired) electrons. The van der Waals surface area contributed by atoms with Crippen LogP contribution in [0.1, 0.15) is 26.7 Å². The number of nitrogens with two attached hydrogens (primary N) is 1. The van der Waals surface area contributed by atoms with Crippen LogP contribution < -0.4 is 11.3 Å². The molecule has 16 heavy (non-hydrogen) atoms. The lowest BCUT2D eigenvalue weighted by atomic mass is 9.43. The molecule has 2 bridgehead atoms. The van der Waals surface area contributed by atoms with Crippen LogP contribution in [-0.4, -0.2) is 14.5 Å². The minimum atomic E-state index is -0.373. The van der Waals surface area contributed by atoms with Gasteiger partial charge in [0.25, 0.3) is 0 Å². The van der Waals surface area contributed by atoms with Crippen molar-refractivity contribution in [2.75, 3.05) is 0 Å². The van der Waals surface area contributed by atoms with Gasteiger partial charge in [-0.15, -0.1) is 0 Å². The molecule has 3 fully saturated rings. The molecular weight excluding hydrogens is 404 g/mol. The molecule has 3 aliphatic carbocycles. The maximum absolute atomic E-state index is 12.1. The maximum Gasteiger partial charge on any atom is 0.241 e. The highest BCUT2D eigenvalue weighted by atomic mass is 79.9. The molecular formula is C10H15Br3N2O. The lowest BCUT2D eigenvalue weighted by Gasteiger charge is -2.65. The molecule has 3 N–H and O–H groups in total. The van der Waals surface area contributed by atoms with Gasteiger partial charge in [0.05, 0.1) is 9.15 Å². The van der Waals surface area contributed by atoms with Crippen LogP contribution in [0.2, 0.25) is 0 Å². The number of hydrogen-bond donors (Lipinski definition) is 2. The Morgan fingerprint density at radius 2 is 2.00 bits per heavy atom. The van der Waals surface area contributed by atoms with Crippen LogP contribution in [0.25, 0.3) is 0 Å². The Kier molecular flexibility index (Phi) is 3.06. The minimum Gasteiger partial charge on any atom is -0.294 e. The maximum atomic E-state index is 12.1. The van der Waals surface area contributed by atoms with Crippen molar-refractivity contribution in [1.82, 2.24) is 5.43 Å². The van der Waals surface area contributed by atoms with Crippen molar-refractivity contribution in [2.45, 2.75) is 35.3 Å². The number of fused-ring (bicyclic) bond motifs is 1. The van der Waals surface area contributed by atoms with E-state index in [9.17, 15) is 4.79 Å². The highest BCUT2D eigenvalue weighted by Gasteiger charge is 2.83. The van der Waals surface area contributed by atoms with Crippen molar-refractivity contribution < 1.29 is 4.79 Å². The Bertz CT molecular complexity index is 347. The van der Waals surface area contributed by atoms with E-state index in [1.54, 1.807) is 0 Å². The fourth-order valence-corrected chi connectivity index (χ4v) is 8.74. The Hall–Kier alpha value is 0.870. The molecule has 0 heterocycles. The van der Waals surface area contributed by atoms with Crippen molar-refractivity contribution in [3.8, 4) is 0 Å². The molecule has 0 aromatic carbocycles. The third-order valence-corrected chi connectivity index (χ3v) is 8.26. The molecule has 0 spiro atoms. The van der Waals surface area contributed by atoms with Gasteiger partial charge >= 0.3 is 0 Å². The first-order chi connectivity index (χ1) is 7.29. The standard InChI is InChI=1S/C10H15Br3N2O/c1-8(2)9(6(12)13)3-4-10(8,5(9)11)7(16)15-14/h5-6H,3-4,14H2,1-2H3,(H,15,16)/t5-,9+,10-/m0/s1. The van der Waals surface area contributed by atoms with Crippen molar-refractivity contribution in [1.29, 1.82) is 0 Å². The van der Waals surface area contributed by atoms with Gasteiger partial charge in [0, 0.05) is 10.2 Å². The summed E-state index contributed by atoms with van der Waals surface area (Å²) in [6.07, 6.45) is 1.90. The van der Waals surface area contributed by atoms with E-state index in [1.165, 1.54) is 0 Å².